The first kappa shape index (κ1) is 9.23. The van der Waals surface area contributed by atoms with Crippen LogP contribution in [0.2, 0.25) is 0 Å². The molecular weight excluding hydrogens is 220 g/mol. The van der Waals surface area contributed by atoms with Gasteiger partial charge in [-0.1, -0.05) is 30.3 Å². The van der Waals surface area contributed by atoms with Crippen LogP contribution < -0.4 is 5.62 Å². The van der Waals surface area contributed by atoms with Crippen molar-refractivity contribution in [3.05, 3.63) is 47.7 Å². The fourth-order valence-electron chi connectivity index (χ4n) is 1.56. The first-order chi connectivity index (χ1) is 7.84. The second-order valence-electron chi connectivity index (χ2n) is 3.32. The lowest BCUT2D eigenvalue weighted by molar-refractivity contribution is 0.921. The summed E-state index contributed by atoms with van der Waals surface area (Å²) >= 11 is 1.51. The monoisotopic (exact) mass is 228 g/mol. The van der Waals surface area contributed by atoms with Crippen LogP contribution in [-0.2, 0) is 0 Å². The second-order valence-corrected chi connectivity index (χ2v) is 4.16. The van der Waals surface area contributed by atoms with E-state index in [4.69, 9.17) is 5.41 Å². The lowest BCUT2D eigenvalue weighted by atomic mass is 10.2. The summed E-state index contributed by atoms with van der Waals surface area (Å²) in [6, 6.07) is 10.1. The van der Waals surface area contributed by atoms with Crippen molar-refractivity contribution in [1.29, 1.82) is 5.41 Å². The maximum Gasteiger partial charge on any atom is 0.245 e. The van der Waals surface area contributed by atoms with Gasteiger partial charge in [-0.3, -0.25) is 9.81 Å². The zero-order valence-electron chi connectivity index (χ0n) is 8.29. The fraction of sp³-hybridized carbons (Fsp3) is 0. The van der Waals surface area contributed by atoms with Gasteiger partial charge in [0.15, 0.2) is 4.96 Å². The molecule has 0 amide bonds. The van der Waals surface area contributed by atoms with Crippen molar-refractivity contribution >= 4 is 16.3 Å². The first-order valence-corrected chi connectivity index (χ1v) is 5.65. The highest BCUT2D eigenvalue weighted by Crippen LogP contribution is 2.23. The minimum atomic E-state index is 0.0569. The highest BCUT2D eigenvalue weighted by molar-refractivity contribution is 7.15. The van der Waals surface area contributed by atoms with Crippen LogP contribution in [0.1, 0.15) is 0 Å². The summed E-state index contributed by atoms with van der Waals surface area (Å²) in [4.78, 5) is 8.74. The summed E-state index contributed by atoms with van der Waals surface area (Å²) in [7, 11) is 0. The Balaban J connectivity index is 2.30. The Labute approximate surface area is 95.4 Å². The number of nitrogens with one attached hydrogen (secondary N) is 1. The molecule has 78 valence electrons. The molecule has 0 spiro atoms. The van der Waals surface area contributed by atoms with Crippen LogP contribution in [0.15, 0.2) is 42.0 Å². The number of fused-ring (bicyclic) bond motifs is 1. The predicted molar refractivity (Wildman–Crippen MR) is 62.2 cm³/mol. The number of hydrogen-bond donors (Lipinski definition) is 1. The molecule has 0 aliphatic rings. The SMILES string of the molecule is N=c1ncn2c(-c3ccccc3)csc2n1. The van der Waals surface area contributed by atoms with Gasteiger partial charge in [0.25, 0.3) is 0 Å². The molecule has 0 fully saturated rings. The maximum absolute atomic E-state index is 7.36. The quantitative estimate of drug-likeness (QED) is 0.692. The van der Waals surface area contributed by atoms with Gasteiger partial charge in [-0.05, 0) is 5.56 Å². The first-order valence-electron chi connectivity index (χ1n) is 4.77. The summed E-state index contributed by atoms with van der Waals surface area (Å²) in [5.41, 5.74) is 2.24. The van der Waals surface area contributed by atoms with Crippen LogP contribution in [0, 0.1) is 5.41 Å². The van der Waals surface area contributed by atoms with E-state index >= 15 is 0 Å². The molecule has 0 bridgehead atoms. The third kappa shape index (κ3) is 1.42. The average molecular weight is 228 g/mol. The molecular formula is C11H8N4S. The Morgan fingerprint density at radius 1 is 1.19 bits per heavy atom. The molecule has 0 saturated heterocycles. The van der Waals surface area contributed by atoms with Crippen molar-refractivity contribution in [1.82, 2.24) is 14.4 Å². The Kier molecular flexibility index (Phi) is 2.04. The molecule has 1 aromatic carbocycles. The zero-order valence-corrected chi connectivity index (χ0v) is 9.11. The molecule has 0 unspecified atom stereocenters. The molecule has 0 radical (unpaired) electrons. The molecule has 1 N–H and O–H groups in total. The Bertz CT molecular complexity index is 684. The number of rotatable bonds is 1. The van der Waals surface area contributed by atoms with Crippen molar-refractivity contribution in [2.24, 2.45) is 0 Å². The van der Waals surface area contributed by atoms with Gasteiger partial charge in [0, 0.05) is 5.38 Å². The van der Waals surface area contributed by atoms with E-state index in [1.165, 1.54) is 11.3 Å². The van der Waals surface area contributed by atoms with Gasteiger partial charge in [-0.15, -0.1) is 11.3 Å². The van der Waals surface area contributed by atoms with Crippen molar-refractivity contribution < 1.29 is 0 Å². The van der Waals surface area contributed by atoms with E-state index in [9.17, 15) is 0 Å². The van der Waals surface area contributed by atoms with Crippen molar-refractivity contribution in [3.63, 3.8) is 0 Å². The number of benzene rings is 1. The molecule has 2 aromatic heterocycles. The van der Waals surface area contributed by atoms with E-state index < -0.39 is 0 Å². The van der Waals surface area contributed by atoms with E-state index in [2.05, 4.69) is 9.97 Å². The predicted octanol–water partition coefficient (Wildman–Crippen LogP) is 1.94. The molecule has 2 heterocycles. The Hall–Kier alpha value is -2.01. The average Bonchev–Trinajstić information content (AvgIpc) is 2.73. The molecule has 0 aliphatic carbocycles. The Morgan fingerprint density at radius 3 is 2.81 bits per heavy atom. The van der Waals surface area contributed by atoms with Crippen molar-refractivity contribution in [2.45, 2.75) is 0 Å². The number of hydrogen-bond acceptors (Lipinski definition) is 4. The van der Waals surface area contributed by atoms with E-state index in [-0.39, 0.29) is 5.62 Å². The summed E-state index contributed by atoms with van der Waals surface area (Å²) in [5.74, 6) is 0. The second kappa shape index (κ2) is 3.53. The molecule has 5 heteroatoms. The topological polar surface area (TPSA) is 54.0 Å². The van der Waals surface area contributed by atoms with Gasteiger partial charge in [-0.2, -0.15) is 4.98 Å². The normalized spacial score (nSPS) is 10.8. The van der Waals surface area contributed by atoms with E-state index in [1.54, 1.807) is 6.33 Å². The van der Waals surface area contributed by atoms with Gasteiger partial charge >= 0.3 is 0 Å². The summed E-state index contributed by atoms with van der Waals surface area (Å²) in [5, 5.41) is 9.39. The van der Waals surface area contributed by atoms with Crippen LogP contribution in [0.5, 0.6) is 0 Å². The maximum atomic E-state index is 7.36. The molecule has 0 atom stereocenters. The largest absolute Gasteiger partial charge is 0.275 e. The third-order valence-corrected chi connectivity index (χ3v) is 3.15. The van der Waals surface area contributed by atoms with E-state index in [1.807, 2.05) is 40.1 Å². The molecule has 4 nitrogen and oxygen atoms in total. The molecule has 3 aromatic rings. The molecule has 3 rings (SSSR count). The Morgan fingerprint density at radius 2 is 2.00 bits per heavy atom. The zero-order chi connectivity index (χ0) is 11.0. The highest BCUT2D eigenvalue weighted by Gasteiger charge is 2.05. The smallest absolute Gasteiger partial charge is 0.245 e. The fourth-order valence-corrected chi connectivity index (χ4v) is 2.43. The van der Waals surface area contributed by atoms with Crippen LogP contribution in [0.3, 0.4) is 0 Å². The van der Waals surface area contributed by atoms with Crippen LogP contribution in [0.25, 0.3) is 16.2 Å². The minimum absolute atomic E-state index is 0.0569. The van der Waals surface area contributed by atoms with Gasteiger partial charge in [0.1, 0.15) is 6.33 Å². The van der Waals surface area contributed by atoms with Gasteiger partial charge in [0.2, 0.25) is 5.62 Å². The van der Waals surface area contributed by atoms with Gasteiger partial charge in [0.05, 0.1) is 5.69 Å². The lowest BCUT2D eigenvalue weighted by Crippen LogP contribution is -2.11. The van der Waals surface area contributed by atoms with Gasteiger partial charge < -0.3 is 0 Å². The summed E-state index contributed by atoms with van der Waals surface area (Å²) < 4.78 is 1.90. The standard InChI is InChI=1S/C11H8N4S/c12-10-13-7-15-9(6-16-11(15)14-10)8-4-2-1-3-5-8/h1-7,12H. The summed E-state index contributed by atoms with van der Waals surface area (Å²) in [6.07, 6.45) is 1.64. The van der Waals surface area contributed by atoms with Gasteiger partial charge in [-0.25, -0.2) is 4.98 Å². The molecule has 0 aliphatic heterocycles. The van der Waals surface area contributed by atoms with E-state index in [0.29, 0.717) is 0 Å². The van der Waals surface area contributed by atoms with E-state index in [0.717, 1.165) is 16.2 Å². The van der Waals surface area contributed by atoms with Crippen molar-refractivity contribution in [2.75, 3.05) is 0 Å². The number of nitrogens with zero attached hydrogens (tertiary/aromatic N) is 3. The third-order valence-electron chi connectivity index (χ3n) is 2.31. The van der Waals surface area contributed by atoms with Crippen LogP contribution in [0.4, 0.5) is 0 Å². The summed E-state index contributed by atoms with van der Waals surface area (Å²) in [6.45, 7) is 0. The van der Waals surface area contributed by atoms with Crippen LogP contribution >= 0.6 is 11.3 Å². The molecule has 16 heavy (non-hydrogen) atoms. The number of thiazole rings is 1. The van der Waals surface area contributed by atoms with Crippen molar-refractivity contribution in [3.8, 4) is 11.3 Å². The number of aromatic nitrogens is 3. The lowest BCUT2D eigenvalue weighted by Gasteiger charge is -1.99. The minimum Gasteiger partial charge on any atom is -0.275 e. The van der Waals surface area contributed by atoms with Crippen LogP contribution in [-0.4, -0.2) is 14.4 Å². The highest BCUT2D eigenvalue weighted by atomic mass is 32.1. The molecule has 0 saturated carbocycles.